The molecule has 0 N–H and O–H groups in total. The molecular formula is C34H54O4S4. The zero-order chi connectivity index (χ0) is 29.8. The van der Waals surface area contributed by atoms with E-state index in [0.29, 0.717) is 26.1 Å². The fraction of sp³-hybridized carbons (Fsp3) is 0.706. The molecule has 0 saturated carbocycles. The van der Waals surface area contributed by atoms with Gasteiger partial charge in [-0.15, -0.1) is 0 Å². The summed E-state index contributed by atoms with van der Waals surface area (Å²) in [7, 11) is 4.11. The van der Waals surface area contributed by atoms with E-state index in [9.17, 15) is 9.59 Å². The second kappa shape index (κ2) is 27.6. The molecule has 0 fully saturated rings. The zero-order valence-corrected chi connectivity index (χ0v) is 29.0. The zero-order valence-electron chi connectivity index (χ0n) is 25.7. The van der Waals surface area contributed by atoms with Gasteiger partial charge in [0.1, 0.15) is 0 Å². The lowest BCUT2D eigenvalue weighted by Crippen LogP contribution is -2.07. The third kappa shape index (κ3) is 22.6. The normalized spacial score (nSPS) is 11.1. The van der Waals surface area contributed by atoms with E-state index in [4.69, 9.17) is 9.47 Å². The van der Waals surface area contributed by atoms with Crippen LogP contribution in [-0.2, 0) is 31.9 Å². The molecule has 4 nitrogen and oxygen atoms in total. The number of hydrogen-bond acceptors (Lipinski definition) is 8. The van der Waals surface area contributed by atoms with Crippen LogP contribution in [0.4, 0.5) is 0 Å². The molecule has 0 radical (unpaired) electrons. The van der Waals surface area contributed by atoms with Crippen LogP contribution in [0.1, 0.15) is 127 Å². The predicted molar refractivity (Wildman–Crippen MR) is 186 cm³/mol. The van der Waals surface area contributed by atoms with E-state index >= 15 is 0 Å². The molecule has 2 heterocycles. The van der Waals surface area contributed by atoms with Crippen LogP contribution in [-0.4, -0.2) is 36.7 Å². The highest BCUT2D eigenvalue weighted by Gasteiger charge is 2.04. The van der Waals surface area contributed by atoms with Gasteiger partial charge in [-0.2, -0.15) is 22.7 Å². The Balaban J connectivity index is 1.18. The van der Waals surface area contributed by atoms with Gasteiger partial charge in [0.25, 0.3) is 0 Å². The summed E-state index contributed by atoms with van der Waals surface area (Å²) in [6, 6.07) is 4.18. The Morgan fingerprint density at radius 3 is 1.24 bits per heavy atom. The fourth-order valence-electron chi connectivity index (χ4n) is 4.68. The number of unbranched alkanes of at least 4 members (excludes halogenated alkanes) is 14. The molecule has 0 bridgehead atoms. The molecule has 0 aliphatic rings. The number of carbonyl (C=O) groups excluding carboxylic acids is 2. The molecule has 238 valence electrons. The number of rotatable bonds is 29. The Morgan fingerprint density at radius 2 is 0.881 bits per heavy atom. The van der Waals surface area contributed by atoms with Crippen molar-refractivity contribution < 1.29 is 19.1 Å². The monoisotopic (exact) mass is 654 g/mol. The first-order chi connectivity index (χ1) is 20.7. The molecule has 0 aliphatic heterocycles. The molecule has 0 atom stereocenters. The number of hydrogen-bond donors (Lipinski definition) is 0. The number of esters is 2. The Kier molecular flexibility index (Phi) is 24.4. The topological polar surface area (TPSA) is 52.6 Å². The minimum atomic E-state index is -0.0410. The van der Waals surface area contributed by atoms with E-state index in [-0.39, 0.29) is 11.9 Å². The van der Waals surface area contributed by atoms with Gasteiger partial charge in [-0.3, -0.25) is 9.59 Å². The van der Waals surface area contributed by atoms with Crippen molar-refractivity contribution in [1.82, 2.24) is 0 Å². The van der Waals surface area contributed by atoms with E-state index in [1.807, 2.05) is 0 Å². The van der Waals surface area contributed by atoms with Gasteiger partial charge in [-0.25, -0.2) is 0 Å². The highest BCUT2D eigenvalue weighted by atomic mass is 33.1. The highest BCUT2D eigenvalue weighted by molar-refractivity contribution is 8.76. The fourth-order valence-corrected chi connectivity index (χ4v) is 8.38. The summed E-state index contributed by atoms with van der Waals surface area (Å²) in [5, 5.41) is 8.34. The number of ether oxygens (including phenoxy) is 2. The molecule has 0 spiro atoms. The first-order valence-electron chi connectivity index (χ1n) is 16.3. The van der Waals surface area contributed by atoms with Crippen molar-refractivity contribution in [2.24, 2.45) is 0 Å². The SMILES string of the molecule is O=C(CCCCCCCCCCSSCCCCCCCCCCC(=O)OCCc1ccsc1)OCCc1ccsc1. The van der Waals surface area contributed by atoms with Crippen molar-refractivity contribution in [2.45, 2.75) is 128 Å². The standard InChI is InChI=1S/C34H54O4S4/c35-33(37-23-19-31-21-27-39-29-31)17-13-9-5-1-3-7-11-15-25-41-42-26-16-12-8-4-2-6-10-14-18-34(36)38-24-20-32-22-28-40-30-32/h21-22,27-30H,1-20,23-26H2. The lowest BCUT2D eigenvalue weighted by Gasteiger charge is -2.05. The van der Waals surface area contributed by atoms with Gasteiger partial charge in [0.15, 0.2) is 0 Å². The molecule has 0 saturated heterocycles. The first kappa shape index (κ1) is 37.2. The van der Waals surface area contributed by atoms with E-state index in [1.54, 1.807) is 22.7 Å². The van der Waals surface area contributed by atoms with Crippen molar-refractivity contribution in [1.29, 1.82) is 0 Å². The van der Waals surface area contributed by atoms with Gasteiger partial charge in [0, 0.05) is 37.2 Å². The molecule has 0 aromatic carbocycles. The second-order valence-corrected chi connectivity index (χ2v) is 15.3. The van der Waals surface area contributed by atoms with Crippen LogP contribution in [0.3, 0.4) is 0 Å². The van der Waals surface area contributed by atoms with Crippen molar-refractivity contribution >= 4 is 56.2 Å². The van der Waals surface area contributed by atoms with Crippen LogP contribution >= 0.6 is 44.3 Å². The maximum atomic E-state index is 11.8. The summed E-state index contributed by atoms with van der Waals surface area (Å²) in [5.74, 6) is 2.48. The summed E-state index contributed by atoms with van der Waals surface area (Å²) >= 11 is 3.37. The van der Waals surface area contributed by atoms with Crippen LogP contribution in [0.5, 0.6) is 0 Å². The molecule has 0 unspecified atom stereocenters. The second-order valence-electron chi connectivity index (χ2n) is 11.0. The lowest BCUT2D eigenvalue weighted by molar-refractivity contribution is -0.144. The maximum Gasteiger partial charge on any atom is 0.305 e. The van der Waals surface area contributed by atoms with Gasteiger partial charge < -0.3 is 9.47 Å². The van der Waals surface area contributed by atoms with Crippen LogP contribution in [0.2, 0.25) is 0 Å². The highest BCUT2D eigenvalue weighted by Crippen LogP contribution is 2.25. The van der Waals surface area contributed by atoms with Crippen LogP contribution < -0.4 is 0 Å². The van der Waals surface area contributed by atoms with Crippen molar-refractivity contribution in [3.63, 3.8) is 0 Å². The molecule has 42 heavy (non-hydrogen) atoms. The molecular weight excluding hydrogens is 601 g/mol. The molecule has 0 aliphatic carbocycles. The van der Waals surface area contributed by atoms with E-state index in [2.05, 4.69) is 55.2 Å². The third-order valence-electron chi connectivity index (χ3n) is 7.27. The lowest BCUT2D eigenvalue weighted by atomic mass is 10.1. The van der Waals surface area contributed by atoms with Crippen molar-refractivity contribution in [2.75, 3.05) is 24.7 Å². The average molecular weight is 655 g/mol. The summed E-state index contributed by atoms with van der Waals surface area (Å²) < 4.78 is 10.7. The summed E-state index contributed by atoms with van der Waals surface area (Å²) in [4.78, 5) is 23.6. The smallest absolute Gasteiger partial charge is 0.305 e. The van der Waals surface area contributed by atoms with Crippen LogP contribution in [0.15, 0.2) is 33.7 Å². The predicted octanol–water partition coefficient (Wildman–Crippen LogP) is 11.1. The minimum absolute atomic E-state index is 0.0410. The summed E-state index contributed by atoms with van der Waals surface area (Å²) in [6.45, 7) is 1.02. The Morgan fingerprint density at radius 1 is 0.524 bits per heavy atom. The van der Waals surface area contributed by atoms with Gasteiger partial charge in [-0.1, -0.05) is 98.6 Å². The average Bonchev–Trinajstić information content (AvgIpc) is 3.71. The maximum absolute atomic E-state index is 11.8. The summed E-state index contributed by atoms with van der Waals surface area (Å²) in [6.07, 6.45) is 22.7. The Bertz CT molecular complexity index is 798. The van der Waals surface area contributed by atoms with Gasteiger partial charge in [0.2, 0.25) is 0 Å². The van der Waals surface area contributed by atoms with Crippen molar-refractivity contribution in [3.05, 3.63) is 44.8 Å². The molecule has 8 heteroatoms. The molecule has 2 aromatic rings. The minimum Gasteiger partial charge on any atom is -0.465 e. The molecule has 2 aromatic heterocycles. The van der Waals surface area contributed by atoms with Crippen LogP contribution in [0, 0.1) is 0 Å². The van der Waals surface area contributed by atoms with Gasteiger partial charge in [-0.05, 0) is 70.5 Å². The Hall–Kier alpha value is -0.960. The Labute approximate surface area is 271 Å². The van der Waals surface area contributed by atoms with E-state index in [0.717, 1.165) is 38.5 Å². The van der Waals surface area contributed by atoms with E-state index in [1.165, 1.54) is 99.7 Å². The van der Waals surface area contributed by atoms with E-state index < -0.39 is 0 Å². The largest absolute Gasteiger partial charge is 0.465 e. The van der Waals surface area contributed by atoms with Gasteiger partial charge >= 0.3 is 11.9 Å². The van der Waals surface area contributed by atoms with Crippen LogP contribution in [0.25, 0.3) is 0 Å². The third-order valence-corrected chi connectivity index (χ3v) is 11.3. The van der Waals surface area contributed by atoms with Gasteiger partial charge in [0.05, 0.1) is 13.2 Å². The quantitative estimate of drug-likeness (QED) is 0.0494. The first-order valence-corrected chi connectivity index (χ1v) is 20.7. The molecule has 2 rings (SSSR count). The number of thiophene rings is 2. The van der Waals surface area contributed by atoms with Crippen molar-refractivity contribution in [3.8, 4) is 0 Å². The number of carbonyl (C=O) groups is 2. The summed E-state index contributed by atoms with van der Waals surface area (Å²) in [5.41, 5.74) is 2.51. The molecule has 0 amide bonds.